The molecule has 0 amide bonds. The zero-order valence-electron chi connectivity index (χ0n) is 10.1. The van der Waals surface area contributed by atoms with Crippen LogP contribution in [0, 0.1) is 11.3 Å². The van der Waals surface area contributed by atoms with Gasteiger partial charge in [0.2, 0.25) is 0 Å². The smallest absolute Gasteiger partial charge is 0.0743 e. The van der Waals surface area contributed by atoms with Gasteiger partial charge in [-0.1, -0.05) is 38.2 Å². The van der Waals surface area contributed by atoms with E-state index in [-0.39, 0.29) is 5.60 Å². The summed E-state index contributed by atoms with van der Waals surface area (Å²) in [5.41, 5.74) is 0.532. The highest BCUT2D eigenvalue weighted by molar-refractivity contribution is 5.16. The lowest BCUT2D eigenvalue weighted by atomic mass is 9.80. The van der Waals surface area contributed by atoms with E-state index in [0.717, 1.165) is 0 Å². The van der Waals surface area contributed by atoms with Crippen molar-refractivity contribution in [1.82, 2.24) is 0 Å². The maximum absolute atomic E-state index is 5.68. The zero-order valence-corrected chi connectivity index (χ0v) is 10.1. The van der Waals surface area contributed by atoms with Crippen LogP contribution in [0.15, 0.2) is 24.3 Å². The van der Waals surface area contributed by atoms with Gasteiger partial charge in [0.15, 0.2) is 0 Å². The van der Waals surface area contributed by atoms with Crippen LogP contribution in [0.25, 0.3) is 0 Å². The van der Waals surface area contributed by atoms with Crippen molar-refractivity contribution in [3.8, 4) is 0 Å². The SMILES string of the molecule is COC1(C2C=CC=CC(C)(C)CC2)CC1. The Bertz CT molecular complexity index is 282. The topological polar surface area (TPSA) is 9.23 Å². The largest absolute Gasteiger partial charge is 0.378 e. The predicted molar refractivity (Wildman–Crippen MR) is 63.8 cm³/mol. The van der Waals surface area contributed by atoms with Gasteiger partial charge in [-0.3, -0.25) is 0 Å². The molecule has 0 radical (unpaired) electrons. The van der Waals surface area contributed by atoms with Gasteiger partial charge in [0, 0.05) is 13.0 Å². The van der Waals surface area contributed by atoms with Crippen LogP contribution in [0.1, 0.15) is 39.5 Å². The van der Waals surface area contributed by atoms with Gasteiger partial charge >= 0.3 is 0 Å². The van der Waals surface area contributed by atoms with Crippen molar-refractivity contribution in [2.24, 2.45) is 11.3 Å². The fourth-order valence-corrected chi connectivity index (χ4v) is 2.51. The van der Waals surface area contributed by atoms with Gasteiger partial charge < -0.3 is 4.74 Å². The number of methoxy groups -OCH3 is 1. The van der Waals surface area contributed by atoms with Crippen molar-refractivity contribution < 1.29 is 4.74 Å². The number of allylic oxidation sites excluding steroid dienone is 3. The van der Waals surface area contributed by atoms with E-state index in [1.165, 1.54) is 25.7 Å². The van der Waals surface area contributed by atoms with Crippen LogP contribution < -0.4 is 0 Å². The first kappa shape index (κ1) is 10.9. The van der Waals surface area contributed by atoms with Crippen molar-refractivity contribution in [2.75, 3.05) is 7.11 Å². The molecule has 0 saturated heterocycles. The maximum Gasteiger partial charge on any atom is 0.0743 e. The molecule has 1 fully saturated rings. The molecule has 0 N–H and O–H groups in total. The Kier molecular flexibility index (Phi) is 2.76. The van der Waals surface area contributed by atoms with Crippen molar-refractivity contribution in [3.63, 3.8) is 0 Å². The van der Waals surface area contributed by atoms with Crippen molar-refractivity contribution in [1.29, 1.82) is 0 Å². The van der Waals surface area contributed by atoms with Crippen molar-refractivity contribution in [2.45, 2.75) is 45.1 Å². The summed E-state index contributed by atoms with van der Waals surface area (Å²) < 4.78 is 5.68. The summed E-state index contributed by atoms with van der Waals surface area (Å²) in [4.78, 5) is 0. The predicted octanol–water partition coefficient (Wildman–Crippen LogP) is 3.71. The van der Waals surface area contributed by atoms with Crippen LogP contribution >= 0.6 is 0 Å². The quantitative estimate of drug-likeness (QED) is 0.669. The molecule has 1 heteroatoms. The first-order chi connectivity index (χ1) is 7.08. The van der Waals surface area contributed by atoms with Gasteiger partial charge in [-0.2, -0.15) is 0 Å². The van der Waals surface area contributed by atoms with Gasteiger partial charge in [0.1, 0.15) is 0 Å². The Hall–Kier alpha value is -0.560. The molecule has 1 saturated carbocycles. The molecule has 0 aliphatic heterocycles. The van der Waals surface area contributed by atoms with Crippen LogP contribution in [0.2, 0.25) is 0 Å². The summed E-state index contributed by atoms with van der Waals surface area (Å²) in [5, 5.41) is 0. The second-order valence-corrected chi connectivity index (χ2v) is 5.65. The maximum atomic E-state index is 5.68. The lowest BCUT2D eigenvalue weighted by Gasteiger charge is -2.28. The summed E-state index contributed by atoms with van der Waals surface area (Å²) in [7, 11) is 1.86. The van der Waals surface area contributed by atoms with Crippen molar-refractivity contribution in [3.05, 3.63) is 24.3 Å². The highest BCUT2D eigenvalue weighted by atomic mass is 16.5. The molecule has 0 aromatic carbocycles. The Balaban J connectivity index is 2.10. The monoisotopic (exact) mass is 206 g/mol. The third kappa shape index (κ3) is 2.34. The average molecular weight is 206 g/mol. The molecule has 1 atom stereocenters. The number of ether oxygens (including phenoxy) is 1. The summed E-state index contributed by atoms with van der Waals surface area (Å²) in [6, 6.07) is 0. The normalized spacial score (nSPS) is 32.1. The first-order valence-electron chi connectivity index (χ1n) is 5.99. The van der Waals surface area contributed by atoms with E-state index in [2.05, 4.69) is 38.2 Å². The number of hydrogen-bond acceptors (Lipinski definition) is 1. The molecule has 0 aromatic rings. The minimum Gasteiger partial charge on any atom is -0.378 e. The molecule has 1 unspecified atom stereocenters. The highest BCUT2D eigenvalue weighted by Crippen LogP contribution is 2.49. The molecule has 1 nitrogen and oxygen atoms in total. The van der Waals surface area contributed by atoms with E-state index in [4.69, 9.17) is 4.74 Å². The summed E-state index contributed by atoms with van der Waals surface area (Å²) in [6.07, 6.45) is 14.0. The van der Waals surface area contributed by atoms with E-state index >= 15 is 0 Å². The Labute approximate surface area is 93.2 Å². The van der Waals surface area contributed by atoms with E-state index < -0.39 is 0 Å². The minimum absolute atomic E-state index is 0.192. The molecule has 0 heterocycles. The molecule has 2 aliphatic rings. The average Bonchev–Trinajstić information content (AvgIpc) is 2.94. The molecule has 0 bridgehead atoms. The van der Waals surface area contributed by atoms with Crippen molar-refractivity contribution >= 4 is 0 Å². The summed E-state index contributed by atoms with van der Waals surface area (Å²) >= 11 is 0. The van der Waals surface area contributed by atoms with Crippen LogP contribution in [-0.4, -0.2) is 12.7 Å². The third-order valence-electron chi connectivity index (χ3n) is 3.93. The van der Waals surface area contributed by atoms with E-state index in [9.17, 15) is 0 Å². The first-order valence-corrected chi connectivity index (χ1v) is 5.99. The summed E-state index contributed by atoms with van der Waals surface area (Å²) in [6.45, 7) is 4.62. The second kappa shape index (κ2) is 3.79. The molecular formula is C14H22O. The molecule has 84 valence electrons. The van der Waals surface area contributed by atoms with Crippen LogP contribution in [-0.2, 0) is 4.74 Å². The van der Waals surface area contributed by atoms with Gasteiger partial charge in [-0.05, 0) is 31.1 Å². The van der Waals surface area contributed by atoms with E-state index in [0.29, 0.717) is 11.3 Å². The molecule has 0 aromatic heterocycles. The van der Waals surface area contributed by atoms with Crippen LogP contribution in [0.3, 0.4) is 0 Å². The number of rotatable bonds is 2. The lowest BCUT2D eigenvalue weighted by molar-refractivity contribution is 0.0390. The molecule has 15 heavy (non-hydrogen) atoms. The van der Waals surface area contributed by atoms with Gasteiger partial charge in [-0.15, -0.1) is 0 Å². The molecule has 2 aliphatic carbocycles. The third-order valence-corrected chi connectivity index (χ3v) is 3.93. The molecule has 2 rings (SSSR count). The van der Waals surface area contributed by atoms with Gasteiger partial charge in [0.05, 0.1) is 5.60 Å². The lowest BCUT2D eigenvalue weighted by Crippen LogP contribution is -2.25. The fourth-order valence-electron chi connectivity index (χ4n) is 2.51. The summed E-state index contributed by atoms with van der Waals surface area (Å²) in [5.74, 6) is 0.617. The minimum atomic E-state index is 0.192. The van der Waals surface area contributed by atoms with Crippen LogP contribution in [0.4, 0.5) is 0 Å². The second-order valence-electron chi connectivity index (χ2n) is 5.65. The van der Waals surface area contributed by atoms with Gasteiger partial charge in [0.25, 0.3) is 0 Å². The Morgan fingerprint density at radius 2 is 1.87 bits per heavy atom. The molecule has 0 spiro atoms. The van der Waals surface area contributed by atoms with Crippen LogP contribution in [0.5, 0.6) is 0 Å². The van der Waals surface area contributed by atoms with E-state index in [1.54, 1.807) is 0 Å². The Morgan fingerprint density at radius 1 is 1.13 bits per heavy atom. The molecular weight excluding hydrogens is 184 g/mol. The fraction of sp³-hybridized carbons (Fsp3) is 0.714. The van der Waals surface area contributed by atoms with Gasteiger partial charge in [-0.25, -0.2) is 0 Å². The zero-order chi connectivity index (χ0) is 10.9. The number of hydrogen-bond donors (Lipinski definition) is 0. The standard InChI is InChI=1S/C14H22O/c1-13(2)8-5-4-6-12(7-9-13)14(15-3)10-11-14/h4-6,8,12H,7,9-11H2,1-3H3. The Morgan fingerprint density at radius 3 is 2.47 bits per heavy atom. The van der Waals surface area contributed by atoms with E-state index in [1.807, 2.05) is 7.11 Å². The highest BCUT2D eigenvalue weighted by Gasteiger charge is 2.48.